The summed E-state index contributed by atoms with van der Waals surface area (Å²) in [6.07, 6.45) is -4.37. The molecule has 0 radical (unpaired) electrons. The smallest absolute Gasteiger partial charge is 0.323 e. The lowest BCUT2D eigenvalue weighted by Crippen LogP contribution is -2.51. The fourth-order valence-electron chi connectivity index (χ4n) is 3.99. The van der Waals surface area contributed by atoms with Crippen molar-refractivity contribution in [2.24, 2.45) is 23.5 Å². The molecule has 168 valence electrons. The monoisotopic (exact) mass is 436 g/mol. The van der Waals surface area contributed by atoms with Gasteiger partial charge in [0.15, 0.2) is 11.5 Å². The van der Waals surface area contributed by atoms with Gasteiger partial charge in [-0.05, 0) is 47.9 Å². The second kappa shape index (κ2) is 9.56. The molecule has 2 heterocycles. The van der Waals surface area contributed by atoms with Crippen molar-refractivity contribution < 1.29 is 43.7 Å². The number of aryl methyl sites for hydroxylation is 1. The Morgan fingerprint density at radius 1 is 1.33 bits per heavy atom. The molecular formula is C24H38N2O4. The normalized spacial score (nSPS) is 40.2. The van der Waals surface area contributed by atoms with Crippen LogP contribution in [0.3, 0.4) is 0 Å². The Hall–Kier alpha value is -1.79. The maximum Gasteiger partial charge on any atom is 0.323 e. The molecule has 0 aromatic heterocycles. The van der Waals surface area contributed by atoms with E-state index in [4.69, 9.17) is 44.6 Å². The fraction of sp³-hybridized carbons (Fsp3) is 0.708. The van der Waals surface area contributed by atoms with Gasteiger partial charge in [0.1, 0.15) is 12.1 Å². The highest BCUT2D eigenvalue weighted by Gasteiger charge is 2.41. The van der Waals surface area contributed by atoms with E-state index in [2.05, 4.69) is 0 Å². The Labute approximate surface area is 206 Å². The number of hydrogen-bond donors (Lipinski definition) is 1. The zero-order valence-corrected chi connectivity index (χ0v) is 16.7. The molecule has 0 bridgehead atoms. The van der Waals surface area contributed by atoms with E-state index in [1.807, 2.05) is 0 Å². The van der Waals surface area contributed by atoms with Gasteiger partial charge in [0.05, 0.1) is 23.7 Å². The quantitative estimate of drug-likeness (QED) is 0.659. The van der Waals surface area contributed by atoms with Crippen molar-refractivity contribution in [1.29, 1.82) is 0 Å². The Morgan fingerprint density at radius 2 is 2.07 bits per heavy atom. The minimum atomic E-state index is -3.84. The maximum atomic E-state index is 13.5. The van der Waals surface area contributed by atoms with E-state index in [1.165, 1.54) is 0 Å². The molecule has 30 heavy (non-hydrogen) atoms. The van der Waals surface area contributed by atoms with Crippen LogP contribution in [0.5, 0.6) is 11.5 Å². The van der Waals surface area contributed by atoms with Crippen molar-refractivity contribution in [2.75, 3.05) is 27.1 Å². The van der Waals surface area contributed by atoms with Gasteiger partial charge in [-0.3, -0.25) is 9.69 Å². The van der Waals surface area contributed by atoms with Crippen LogP contribution in [0.4, 0.5) is 0 Å². The molecule has 2 aliphatic heterocycles. The average molecular weight is 437 g/mol. The second-order valence-corrected chi connectivity index (χ2v) is 7.85. The van der Waals surface area contributed by atoms with Gasteiger partial charge in [-0.15, -0.1) is 0 Å². The van der Waals surface area contributed by atoms with E-state index in [1.54, 1.807) is 13.8 Å². The van der Waals surface area contributed by atoms with Crippen LogP contribution in [0.1, 0.15) is 82.2 Å². The number of carbonyl (C=O) groups excluding carboxylic acids is 1. The molecule has 1 aromatic rings. The first-order valence-electron chi connectivity index (χ1n) is 18.5. The number of fused-ring (bicyclic) bond motifs is 3. The zero-order valence-electron chi connectivity index (χ0n) is 34.7. The van der Waals surface area contributed by atoms with Gasteiger partial charge >= 0.3 is 5.97 Å². The largest absolute Gasteiger partial charge is 0.493 e. The molecule has 4 atom stereocenters. The zero-order chi connectivity index (χ0) is 37.4. The second-order valence-electron chi connectivity index (χ2n) is 7.85. The van der Waals surface area contributed by atoms with Gasteiger partial charge < -0.3 is 19.9 Å². The third-order valence-electron chi connectivity index (χ3n) is 5.34. The molecule has 6 nitrogen and oxygen atoms in total. The van der Waals surface area contributed by atoms with Crippen LogP contribution in [-0.2, 0) is 15.9 Å². The fourth-order valence-corrected chi connectivity index (χ4v) is 3.99. The Bertz CT molecular complexity index is 1350. The SMILES string of the molecule is [2H]C([2H])([2H])Oc1cc2c(cc1OC([2H])([2H])[2H])C([2H])([2H])C([2H])([2H])N1CC(CC(C)C)C(OC(=O)[C@@]([2H])(N)C([2H])(C([2H])([2H])[2H])C([2H])([2H])[2H])CC21. The van der Waals surface area contributed by atoms with Crippen molar-refractivity contribution in [2.45, 2.75) is 64.9 Å². The van der Waals surface area contributed by atoms with E-state index in [0.29, 0.717) is 0 Å². The van der Waals surface area contributed by atoms with Gasteiger partial charge in [0.25, 0.3) is 0 Å². The van der Waals surface area contributed by atoms with Crippen molar-refractivity contribution in [3.05, 3.63) is 23.3 Å². The standard InChI is InChI=1S/C24H38N2O4/c1-14(2)9-17-13-26-8-7-16-10-21(28-5)22(29-6)11-18(16)19(26)12-20(17)30-24(27)23(25)15(3)4/h10-11,14-15,17,19-20,23H,7-9,12-13,25H2,1-6H3/t17?,19?,20?,23-/m0/s1/i3D3,4D3,5D3,6D3,7D2,8D2,15D,23D. The number of ether oxygens (including phenoxy) is 3. The van der Waals surface area contributed by atoms with Crippen LogP contribution in [0.25, 0.3) is 0 Å². The highest BCUT2D eigenvalue weighted by molar-refractivity contribution is 5.76. The number of hydrogen-bond acceptors (Lipinski definition) is 6. The summed E-state index contributed by atoms with van der Waals surface area (Å²) < 4.78 is 159. The first-order chi connectivity index (χ1) is 21.2. The lowest BCUT2D eigenvalue weighted by Gasteiger charge is -2.47. The first kappa shape index (κ1) is 8.99. The van der Waals surface area contributed by atoms with Crippen LogP contribution in [0, 0.1) is 17.7 Å². The van der Waals surface area contributed by atoms with Crippen LogP contribution in [0.15, 0.2) is 12.1 Å². The van der Waals surface area contributed by atoms with Gasteiger partial charge in [-0.1, -0.05) is 27.6 Å². The first-order valence-corrected chi connectivity index (χ1v) is 9.52. The number of methoxy groups -OCH3 is 2. The van der Waals surface area contributed by atoms with E-state index in [-0.39, 0.29) is 30.9 Å². The number of nitrogens with two attached hydrogens (primary N) is 1. The highest BCUT2D eigenvalue weighted by atomic mass is 16.5. The number of esters is 1. The predicted octanol–water partition coefficient (Wildman–Crippen LogP) is 3.56. The van der Waals surface area contributed by atoms with Gasteiger partial charge in [-0.25, -0.2) is 0 Å². The van der Waals surface area contributed by atoms with Crippen molar-refractivity contribution in [3.63, 3.8) is 0 Å². The van der Waals surface area contributed by atoms with Gasteiger partial charge in [-0.2, -0.15) is 0 Å². The predicted molar refractivity (Wildman–Crippen MR) is 118 cm³/mol. The van der Waals surface area contributed by atoms with Crippen LogP contribution in [-0.4, -0.2) is 50.1 Å². The Morgan fingerprint density at radius 3 is 2.73 bits per heavy atom. The molecule has 3 unspecified atom stereocenters. The van der Waals surface area contributed by atoms with E-state index in [0.717, 1.165) is 17.0 Å². The summed E-state index contributed by atoms with van der Waals surface area (Å²) in [5.41, 5.74) is 5.23. The third-order valence-corrected chi connectivity index (χ3v) is 5.34. The molecule has 0 amide bonds. The average Bonchev–Trinajstić information content (AvgIpc) is 2.85. The van der Waals surface area contributed by atoms with E-state index < -0.39 is 93.7 Å². The minimum Gasteiger partial charge on any atom is -0.493 e. The number of nitrogens with zero attached hydrogens (tertiary/aromatic N) is 1. The Balaban J connectivity index is 2.21. The van der Waals surface area contributed by atoms with Crippen molar-refractivity contribution in [3.8, 4) is 11.5 Å². The highest BCUT2D eigenvalue weighted by Crippen LogP contribution is 2.44. The summed E-state index contributed by atoms with van der Waals surface area (Å²) in [4.78, 5) is 14.6. The molecule has 0 aliphatic carbocycles. The molecular weight excluding hydrogens is 380 g/mol. The maximum absolute atomic E-state index is 13.5. The van der Waals surface area contributed by atoms with Crippen LogP contribution >= 0.6 is 0 Å². The molecule has 0 spiro atoms. The van der Waals surface area contributed by atoms with Gasteiger partial charge in [0, 0.05) is 46.5 Å². The molecule has 2 aliphatic rings. The summed E-state index contributed by atoms with van der Waals surface area (Å²) >= 11 is 0. The van der Waals surface area contributed by atoms with E-state index in [9.17, 15) is 4.79 Å². The summed E-state index contributed by atoms with van der Waals surface area (Å²) in [7, 11) is -6.29. The van der Waals surface area contributed by atoms with Crippen molar-refractivity contribution >= 4 is 5.97 Å². The van der Waals surface area contributed by atoms with E-state index >= 15 is 0 Å². The summed E-state index contributed by atoms with van der Waals surface area (Å²) in [5, 5.41) is 0. The lowest BCUT2D eigenvalue weighted by molar-refractivity contribution is -0.160. The molecule has 1 aromatic carbocycles. The molecule has 2 N–H and O–H groups in total. The summed E-state index contributed by atoms with van der Waals surface area (Å²) in [6, 6.07) is -3.08. The van der Waals surface area contributed by atoms with Crippen LogP contribution < -0.4 is 15.2 Å². The molecule has 0 saturated carbocycles. The number of rotatable bonds is 7. The number of carbonyl (C=O) groups is 1. The minimum absolute atomic E-state index is 0.0824. The third kappa shape index (κ3) is 4.75. The lowest BCUT2D eigenvalue weighted by atomic mass is 9.79. The summed E-state index contributed by atoms with van der Waals surface area (Å²) in [5.74, 6) is -7.99. The number of piperidine rings is 1. The molecule has 3 rings (SSSR count). The molecule has 6 heteroatoms. The number of benzene rings is 1. The van der Waals surface area contributed by atoms with Gasteiger partial charge in [0.2, 0.25) is 0 Å². The molecule has 1 fully saturated rings. The van der Waals surface area contributed by atoms with Crippen molar-refractivity contribution in [1.82, 2.24) is 4.90 Å². The Kier molecular flexibility index (Phi) is 2.86. The van der Waals surface area contributed by atoms with Crippen LogP contribution in [0.2, 0.25) is 0 Å². The summed E-state index contributed by atoms with van der Waals surface area (Å²) in [6.45, 7) is -7.07. The topological polar surface area (TPSA) is 74.0 Å². The molecule has 1 saturated heterocycles.